The molecule has 29 heavy (non-hydrogen) atoms. The van der Waals surface area contributed by atoms with Crippen molar-refractivity contribution < 1.29 is 14.6 Å². The topological polar surface area (TPSA) is 45.2 Å². The molecule has 2 aliphatic rings. The van der Waals surface area contributed by atoms with E-state index in [2.05, 4.69) is 54.8 Å². The summed E-state index contributed by atoms with van der Waals surface area (Å²) in [7, 11) is 0. The Balaban J connectivity index is 1.35. The van der Waals surface area contributed by atoms with E-state index in [1.807, 2.05) is 18.2 Å². The zero-order chi connectivity index (χ0) is 20.4. The highest BCUT2D eigenvalue weighted by atomic mass is 16.5. The summed E-state index contributed by atoms with van der Waals surface area (Å²) in [4.78, 5) is 4.76. The maximum atomic E-state index is 10.8. The molecule has 0 amide bonds. The number of anilines is 1. The smallest absolute Gasteiger partial charge is 0.161 e. The van der Waals surface area contributed by atoms with Crippen LogP contribution in [0.1, 0.15) is 31.1 Å². The predicted octanol–water partition coefficient (Wildman–Crippen LogP) is 3.65. The lowest BCUT2D eigenvalue weighted by Crippen LogP contribution is -2.47. The second-order valence-electron chi connectivity index (χ2n) is 9.09. The fourth-order valence-electron chi connectivity index (χ4n) is 3.92. The summed E-state index contributed by atoms with van der Waals surface area (Å²) in [5.41, 5.74) is 3.44. The van der Waals surface area contributed by atoms with Crippen molar-refractivity contribution in [3.63, 3.8) is 0 Å². The second-order valence-corrected chi connectivity index (χ2v) is 9.09. The summed E-state index contributed by atoms with van der Waals surface area (Å²) in [5, 5.41) is 10.8. The molecule has 4 rings (SSSR count). The van der Waals surface area contributed by atoms with Crippen molar-refractivity contribution >= 4 is 5.69 Å². The molecular weight excluding hydrogens is 364 g/mol. The van der Waals surface area contributed by atoms with Gasteiger partial charge in [-0.3, -0.25) is 4.90 Å². The minimum Gasteiger partial charge on any atom is -0.489 e. The van der Waals surface area contributed by atoms with Gasteiger partial charge in [-0.2, -0.15) is 0 Å². The molecule has 0 aliphatic carbocycles. The Morgan fingerprint density at radius 3 is 2.41 bits per heavy atom. The Morgan fingerprint density at radius 2 is 1.69 bits per heavy atom. The number of nitrogens with zero attached hydrogens (tertiary/aromatic N) is 2. The molecule has 1 fully saturated rings. The first-order valence-corrected chi connectivity index (χ1v) is 10.5. The Labute approximate surface area is 173 Å². The van der Waals surface area contributed by atoms with E-state index in [1.54, 1.807) is 0 Å². The Hall–Kier alpha value is -2.24. The van der Waals surface area contributed by atoms with Crippen LogP contribution in [-0.2, 0) is 0 Å². The van der Waals surface area contributed by atoms with Crippen LogP contribution in [0.5, 0.6) is 11.5 Å². The fraction of sp³-hybridized carbons (Fsp3) is 0.500. The maximum absolute atomic E-state index is 10.8. The van der Waals surface area contributed by atoms with Crippen LogP contribution in [0.25, 0.3) is 0 Å². The normalized spacial score (nSPS) is 20.2. The van der Waals surface area contributed by atoms with E-state index in [-0.39, 0.29) is 5.41 Å². The second kappa shape index (κ2) is 8.25. The van der Waals surface area contributed by atoms with Crippen LogP contribution in [0.3, 0.4) is 0 Å². The van der Waals surface area contributed by atoms with E-state index in [4.69, 9.17) is 9.47 Å². The third-order valence-corrected chi connectivity index (χ3v) is 5.76. The minimum absolute atomic E-state index is 0.0191. The van der Waals surface area contributed by atoms with Gasteiger partial charge in [0.15, 0.2) is 11.5 Å². The summed E-state index contributed by atoms with van der Waals surface area (Å²) in [6, 6.07) is 14.5. The molecule has 1 N–H and O–H groups in total. The van der Waals surface area contributed by atoms with Gasteiger partial charge in [-0.25, -0.2) is 0 Å². The van der Waals surface area contributed by atoms with Gasteiger partial charge < -0.3 is 19.5 Å². The Morgan fingerprint density at radius 1 is 0.966 bits per heavy atom. The average molecular weight is 397 g/mol. The van der Waals surface area contributed by atoms with Crippen LogP contribution in [0.2, 0.25) is 0 Å². The zero-order valence-corrected chi connectivity index (χ0v) is 17.7. The first-order chi connectivity index (χ1) is 13.9. The van der Waals surface area contributed by atoms with Crippen molar-refractivity contribution in [1.29, 1.82) is 0 Å². The van der Waals surface area contributed by atoms with E-state index < -0.39 is 6.10 Å². The Kier molecular flexibility index (Phi) is 5.70. The molecule has 1 saturated heterocycles. The number of β-amino-alcohol motifs (C(OH)–C–C–N with tert-alkyl or cyclic N) is 1. The quantitative estimate of drug-likeness (QED) is 0.855. The first-order valence-electron chi connectivity index (χ1n) is 10.5. The largest absolute Gasteiger partial charge is 0.489 e. The van der Waals surface area contributed by atoms with E-state index in [9.17, 15) is 5.11 Å². The van der Waals surface area contributed by atoms with Gasteiger partial charge in [-0.05, 0) is 42.3 Å². The first kappa shape index (κ1) is 20.0. The average Bonchev–Trinajstić information content (AvgIpc) is 2.86. The predicted molar refractivity (Wildman–Crippen MR) is 116 cm³/mol. The van der Waals surface area contributed by atoms with Gasteiger partial charge in [-0.15, -0.1) is 0 Å². The number of hydrogen-bond donors (Lipinski definition) is 1. The van der Waals surface area contributed by atoms with E-state index >= 15 is 0 Å². The zero-order valence-electron chi connectivity index (χ0n) is 17.7. The molecule has 2 aromatic rings. The molecule has 0 bridgehead atoms. The number of benzene rings is 2. The number of fused-ring (bicyclic) bond motifs is 1. The monoisotopic (exact) mass is 396 g/mol. The fourth-order valence-corrected chi connectivity index (χ4v) is 3.92. The number of rotatable bonds is 4. The SMILES string of the molecule is Cc1cccc(N2CCN(CC(O)c3ccc4c(c3)OCC(C)(C)CO4)CC2)c1. The highest BCUT2D eigenvalue weighted by Gasteiger charge is 2.26. The highest BCUT2D eigenvalue weighted by molar-refractivity contribution is 5.49. The number of ether oxygens (including phenoxy) is 2. The summed E-state index contributed by atoms with van der Waals surface area (Å²) < 4.78 is 11.8. The molecule has 0 radical (unpaired) electrons. The van der Waals surface area contributed by atoms with Crippen LogP contribution in [0, 0.1) is 12.3 Å². The minimum atomic E-state index is -0.536. The summed E-state index contributed by atoms with van der Waals surface area (Å²) in [6.07, 6.45) is -0.536. The van der Waals surface area contributed by atoms with E-state index in [0.717, 1.165) is 43.2 Å². The Bertz CT molecular complexity index is 844. The van der Waals surface area contributed by atoms with Crippen LogP contribution in [0.4, 0.5) is 5.69 Å². The molecule has 2 aliphatic heterocycles. The molecule has 5 heteroatoms. The van der Waals surface area contributed by atoms with Crippen LogP contribution < -0.4 is 14.4 Å². The number of hydrogen-bond acceptors (Lipinski definition) is 5. The van der Waals surface area contributed by atoms with Gasteiger partial charge in [0.25, 0.3) is 0 Å². The lowest BCUT2D eigenvalue weighted by Gasteiger charge is -2.37. The van der Waals surface area contributed by atoms with Crippen molar-refractivity contribution in [2.45, 2.75) is 26.9 Å². The number of aliphatic hydroxyl groups excluding tert-OH is 1. The molecule has 2 heterocycles. The molecule has 1 atom stereocenters. The van der Waals surface area contributed by atoms with Crippen LogP contribution in [0.15, 0.2) is 42.5 Å². The number of aliphatic hydroxyl groups is 1. The summed E-state index contributed by atoms with van der Waals surface area (Å²) in [6.45, 7) is 12.1. The van der Waals surface area contributed by atoms with Crippen LogP contribution >= 0.6 is 0 Å². The van der Waals surface area contributed by atoms with Gasteiger partial charge in [0.2, 0.25) is 0 Å². The standard InChI is InChI=1S/C24H32N2O3/c1-18-5-4-6-20(13-18)26-11-9-25(10-12-26)15-21(27)19-7-8-22-23(14-19)29-17-24(2,3)16-28-22/h4-8,13-14,21,27H,9-12,15-17H2,1-3H3. The third kappa shape index (κ3) is 4.85. The van der Waals surface area contributed by atoms with Crippen molar-refractivity contribution in [2.24, 2.45) is 5.41 Å². The molecule has 0 aromatic heterocycles. The molecule has 0 spiro atoms. The molecular formula is C24H32N2O3. The van der Waals surface area contributed by atoms with Crippen molar-refractivity contribution in [2.75, 3.05) is 50.8 Å². The maximum Gasteiger partial charge on any atom is 0.161 e. The van der Waals surface area contributed by atoms with Crippen molar-refractivity contribution in [3.8, 4) is 11.5 Å². The van der Waals surface area contributed by atoms with Gasteiger partial charge in [-0.1, -0.05) is 32.0 Å². The lowest BCUT2D eigenvalue weighted by molar-refractivity contribution is 0.109. The van der Waals surface area contributed by atoms with Gasteiger partial charge in [0, 0.05) is 43.8 Å². The van der Waals surface area contributed by atoms with Gasteiger partial charge >= 0.3 is 0 Å². The molecule has 156 valence electrons. The van der Waals surface area contributed by atoms with Gasteiger partial charge in [0.05, 0.1) is 19.3 Å². The molecule has 1 unspecified atom stereocenters. The summed E-state index contributed by atoms with van der Waals surface area (Å²) in [5.74, 6) is 1.50. The molecule has 0 saturated carbocycles. The van der Waals surface area contributed by atoms with E-state index in [1.165, 1.54) is 11.3 Å². The number of aryl methyl sites for hydroxylation is 1. The van der Waals surface area contributed by atoms with Crippen LogP contribution in [-0.4, -0.2) is 55.9 Å². The summed E-state index contributed by atoms with van der Waals surface area (Å²) >= 11 is 0. The van der Waals surface area contributed by atoms with E-state index in [0.29, 0.717) is 19.8 Å². The molecule has 5 nitrogen and oxygen atoms in total. The highest BCUT2D eigenvalue weighted by Crippen LogP contribution is 2.35. The van der Waals surface area contributed by atoms with Gasteiger partial charge in [0.1, 0.15) is 0 Å². The van der Waals surface area contributed by atoms with Crippen molar-refractivity contribution in [1.82, 2.24) is 4.90 Å². The third-order valence-electron chi connectivity index (χ3n) is 5.76. The lowest BCUT2D eigenvalue weighted by atomic mass is 9.97. The van der Waals surface area contributed by atoms with Crippen molar-refractivity contribution in [3.05, 3.63) is 53.6 Å². The number of piperazine rings is 1. The molecule has 2 aromatic carbocycles.